The number of nitrogens with one attached hydrogen (secondary N) is 1. The molecule has 174 valence electrons. The average molecular weight is 470 g/mol. The van der Waals surface area contributed by atoms with Crippen molar-refractivity contribution in [3.63, 3.8) is 0 Å². The summed E-state index contributed by atoms with van der Waals surface area (Å²) in [7, 11) is 0. The third kappa shape index (κ3) is 5.93. The highest BCUT2D eigenvalue weighted by Gasteiger charge is 2.22. The number of ketones is 2. The summed E-state index contributed by atoms with van der Waals surface area (Å²) in [6.07, 6.45) is 1.83. The highest BCUT2D eigenvalue weighted by atomic mass is 35.5. The van der Waals surface area contributed by atoms with Crippen molar-refractivity contribution >= 4 is 39.9 Å². The first-order valence-electron chi connectivity index (χ1n) is 11.0. The second-order valence-electron chi connectivity index (χ2n) is 9.53. The van der Waals surface area contributed by atoms with E-state index in [4.69, 9.17) is 11.6 Å². The van der Waals surface area contributed by atoms with Gasteiger partial charge < -0.3 is 5.32 Å². The average Bonchev–Trinajstić information content (AvgIpc) is 2.72. The number of halogens is 2. The number of carbonyl (C=O) groups is 2. The van der Waals surface area contributed by atoms with Gasteiger partial charge in [-0.2, -0.15) is 0 Å². The lowest BCUT2D eigenvalue weighted by atomic mass is 9.95. The Morgan fingerprint density at radius 1 is 1.09 bits per heavy atom. The Kier molecular flexibility index (Phi) is 7.48. The quantitative estimate of drug-likeness (QED) is 0.397. The smallest absolute Gasteiger partial charge is 0.171 e. The summed E-state index contributed by atoms with van der Waals surface area (Å²) >= 11 is 6.23. The second-order valence-corrected chi connectivity index (χ2v) is 9.93. The lowest BCUT2D eigenvalue weighted by Crippen LogP contribution is -2.26. The van der Waals surface area contributed by atoms with E-state index in [0.717, 1.165) is 5.39 Å². The third-order valence-electron chi connectivity index (χ3n) is 5.33. The van der Waals surface area contributed by atoms with Crippen LogP contribution in [0.5, 0.6) is 0 Å². The van der Waals surface area contributed by atoms with Crippen molar-refractivity contribution in [1.82, 2.24) is 9.97 Å². The summed E-state index contributed by atoms with van der Waals surface area (Å²) in [5.74, 6) is -0.498. The molecular formula is C26H29ClFN3O2. The van der Waals surface area contributed by atoms with Gasteiger partial charge >= 0.3 is 0 Å². The SMILES string of the molecule is CC(C)C(=O)CCc1ccc(Cl)c(C(=O)Cc2cccc3c(NC(C)(C)C)ncnc23)c1F. The molecule has 33 heavy (non-hydrogen) atoms. The number of aryl methyl sites for hydroxylation is 1. The molecule has 0 atom stereocenters. The molecule has 0 amide bonds. The van der Waals surface area contributed by atoms with Crippen LogP contribution in [0.3, 0.4) is 0 Å². The summed E-state index contributed by atoms with van der Waals surface area (Å²) in [5, 5.41) is 4.19. The van der Waals surface area contributed by atoms with Crippen LogP contribution in [-0.2, 0) is 17.6 Å². The summed E-state index contributed by atoms with van der Waals surface area (Å²) in [5.41, 5.74) is 1.25. The van der Waals surface area contributed by atoms with E-state index in [9.17, 15) is 9.59 Å². The van der Waals surface area contributed by atoms with Crippen LogP contribution >= 0.6 is 11.6 Å². The van der Waals surface area contributed by atoms with E-state index in [2.05, 4.69) is 15.3 Å². The molecule has 3 rings (SSSR count). The van der Waals surface area contributed by atoms with Crippen LogP contribution in [0.15, 0.2) is 36.7 Å². The zero-order valence-electron chi connectivity index (χ0n) is 19.6. The van der Waals surface area contributed by atoms with Gasteiger partial charge in [0, 0.05) is 29.7 Å². The Morgan fingerprint density at radius 3 is 2.48 bits per heavy atom. The van der Waals surface area contributed by atoms with E-state index < -0.39 is 11.6 Å². The number of nitrogens with zero attached hydrogens (tertiary/aromatic N) is 2. The molecule has 5 nitrogen and oxygen atoms in total. The summed E-state index contributed by atoms with van der Waals surface area (Å²) in [4.78, 5) is 33.8. The molecule has 0 radical (unpaired) electrons. The number of Topliss-reactive ketones (excluding diaryl/α,β-unsaturated/α-hetero) is 2. The maximum atomic E-state index is 15.2. The minimum absolute atomic E-state index is 0.0485. The number of fused-ring (bicyclic) bond motifs is 1. The van der Waals surface area contributed by atoms with E-state index in [1.807, 2.05) is 46.8 Å². The number of aromatic nitrogens is 2. The van der Waals surface area contributed by atoms with Gasteiger partial charge in [-0.05, 0) is 50.5 Å². The molecule has 0 fully saturated rings. The number of hydrogen-bond donors (Lipinski definition) is 1. The van der Waals surface area contributed by atoms with Crippen LogP contribution in [-0.4, -0.2) is 27.1 Å². The lowest BCUT2D eigenvalue weighted by Gasteiger charge is -2.22. The number of anilines is 1. The monoisotopic (exact) mass is 469 g/mol. The number of rotatable bonds is 8. The van der Waals surface area contributed by atoms with Crippen molar-refractivity contribution in [3.8, 4) is 0 Å². The first kappa shape index (κ1) is 24.8. The zero-order valence-corrected chi connectivity index (χ0v) is 20.4. The van der Waals surface area contributed by atoms with Crippen molar-refractivity contribution in [1.29, 1.82) is 0 Å². The van der Waals surface area contributed by atoms with E-state index in [1.165, 1.54) is 18.5 Å². The van der Waals surface area contributed by atoms with Crippen molar-refractivity contribution in [2.45, 2.75) is 59.4 Å². The van der Waals surface area contributed by atoms with Gasteiger partial charge in [-0.25, -0.2) is 14.4 Å². The third-order valence-corrected chi connectivity index (χ3v) is 5.64. The molecule has 3 aromatic rings. The van der Waals surface area contributed by atoms with E-state index in [1.54, 1.807) is 6.07 Å². The zero-order chi connectivity index (χ0) is 24.3. The molecule has 0 saturated heterocycles. The Balaban J connectivity index is 1.92. The summed E-state index contributed by atoms with van der Waals surface area (Å²) in [6, 6.07) is 8.57. The van der Waals surface area contributed by atoms with Gasteiger partial charge in [0.15, 0.2) is 5.78 Å². The molecule has 0 unspecified atom stereocenters. The minimum Gasteiger partial charge on any atom is -0.365 e. The second kappa shape index (κ2) is 9.96. The summed E-state index contributed by atoms with van der Waals surface area (Å²) in [6.45, 7) is 9.71. The summed E-state index contributed by atoms with van der Waals surface area (Å²) < 4.78 is 15.2. The predicted molar refractivity (Wildman–Crippen MR) is 131 cm³/mol. The highest BCUT2D eigenvalue weighted by Crippen LogP contribution is 2.28. The Labute approximate surface area is 198 Å². The molecule has 1 aromatic heterocycles. The first-order chi connectivity index (χ1) is 15.5. The molecular weight excluding hydrogens is 441 g/mol. The predicted octanol–water partition coefficient (Wildman–Crippen LogP) is 6.22. The van der Waals surface area contributed by atoms with Crippen molar-refractivity contribution in [2.24, 2.45) is 5.92 Å². The van der Waals surface area contributed by atoms with Crippen LogP contribution in [0, 0.1) is 11.7 Å². The van der Waals surface area contributed by atoms with Gasteiger partial charge in [-0.3, -0.25) is 9.59 Å². The molecule has 0 aliphatic heterocycles. The van der Waals surface area contributed by atoms with Crippen molar-refractivity contribution in [3.05, 3.63) is 64.2 Å². The van der Waals surface area contributed by atoms with E-state index in [-0.39, 0.29) is 47.1 Å². The van der Waals surface area contributed by atoms with Gasteiger partial charge in [0.2, 0.25) is 0 Å². The Morgan fingerprint density at radius 2 is 1.82 bits per heavy atom. The van der Waals surface area contributed by atoms with Crippen molar-refractivity contribution < 1.29 is 14.0 Å². The number of benzene rings is 2. The first-order valence-corrected chi connectivity index (χ1v) is 11.4. The van der Waals surface area contributed by atoms with Gasteiger partial charge in [-0.15, -0.1) is 0 Å². The number of hydrogen-bond acceptors (Lipinski definition) is 5. The maximum Gasteiger partial charge on any atom is 0.171 e. The molecule has 0 bridgehead atoms. The van der Waals surface area contributed by atoms with Gasteiger partial charge in [0.25, 0.3) is 0 Å². The van der Waals surface area contributed by atoms with E-state index in [0.29, 0.717) is 22.5 Å². The molecule has 0 aliphatic carbocycles. The van der Waals surface area contributed by atoms with Crippen LogP contribution < -0.4 is 5.32 Å². The molecule has 1 N–H and O–H groups in total. The van der Waals surface area contributed by atoms with Gasteiger partial charge in [0.05, 0.1) is 16.1 Å². The normalized spacial score (nSPS) is 11.8. The van der Waals surface area contributed by atoms with Crippen LogP contribution in [0.1, 0.15) is 62.5 Å². The molecule has 2 aromatic carbocycles. The van der Waals surface area contributed by atoms with Crippen molar-refractivity contribution in [2.75, 3.05) is 5.32 Å². The molecule has 1 heterocycles. The molecule has 0 saturated carbocycles. The fraction of sp³-hybridized carbons (Fsp3) is 0.385. The minimum atomic E-state index is -0.658. The Bertz CT molecular complexity index is 1200. The standard InChI is InChI=1S/C26H29ClFN3O2/c1-15(2)20(32)12-10-16-9-11-19(27)22(23(16)28)21(33)13-17-7-6-8-18-24(17)29-14-30-25(18)31-26(3,4)5/h6-9,11,14-15H,10,12-13H2,1-5H3,(H,29,30,31). The van der Waals surface area contributed by atoms with Gasteiger partial charge in [-0.1, -0.05) is 43.6 Å². The number of para-hydroxylation sites is 1. The van der Waals surface area contributed by atoms with Crippen LogP contribution in [0.4, 0.5) is 10.2 Å². The highest BCUT2D eigenvalue weighted by molar-refractivity contribution is 6.34. The fourth-order valence-corrected chi connectivity index (χ4v) is 3.85. The molecule has 0 spiro atoms. The maximum absolute atomic E-state index is 15.2. The van der Waals surface area contributed by atoms with Crippen LogP contribution in [0.25, 0.3) is 10.9 Å². The van der Waals surface area contributed by atoms with Crippen LogP contribution in [0.2, 0.25) is 5.02 Å². The topological polar surface area (TPSA) is 72.0 Å². The fourth-order valence-electron chi connectivity index (χ4n) is 3.60. The largest absolute Gasteiger partial charge is 0.365 e. The van der Waals surface area contributed by atoms with Gasteiger partial charge in [0.1, 0.15) is 23.7 Å². The molecule has 0 aliphatic rings. The van der Waals surface area contributed by atoms with E-state index >= 15 is 4.39 Å². The lowest BCUT2D eigenvalue weighted by molar-refractivity contribution is -0.121. The molecule has 7 heteroatoms. The number of carbonyl (C=O) groups excluding carboxylic acids is 2. The Hall–Kier alpha value is -2.86.